The van der Waals surface area contributed by atoms with Crippen LogP contribution in [0.4, 0.5) is 0 Å². The lowest BCUT2D eigenvalue weighted by molar-refractivity contribution is 0.0673. The van der Waals surface area contributed by atoms with E-state index in [4.69, 9.17) is 5.11 Å². The monoisotopic (exact) mass is 256 g/mol. The van der Waals surface area contributed by atoms with Crippen LogP contribution in [-0.2, 0) is 6.42 Å². The number of Topliss-reactive ketones (excluding diaryl/α,β-unsaturated/α-hetero) is 1. The minimum absolute atomic E-state index is 0.0395. The Hall–Kier alpha value is -2.43. The van der Waals surface area contributed by atoms with E-state index >= 15 is 0 Å². The van der Waals surface area contributed by atoms with Crippen LogP contribution in [0.5, 0.6) is 0 Å². The summed E-state index contributed by atoms with van der Waals surface area (Å²) in [5.41, 5.74) is 1.71. The molecular formula is C14H12N2O3. The van der Waals surface area contributed by atoms with Gasteiger partial charge in [0.05, 0.1) is 6.04 Å². The number of aromatic carboxylic acids is 1. The van der Waals surface area contributed by atoms with E-state index in [1.54, 1.807) is 12.3 Å². The van der Waals surface area contributed by atoms with E-state index in [-0.39, 0.29) is 11.6 Å². The number of benzene rings is 1. The molecule has 1 unspecified atom stereocenters. The van der Waals surface area contributed by atoms with Crippen LogP contribution in [0.25, 0.3) is 0 Å². The van der Waals surface area contributed by atoms with Crippen LogP contribution in [0.15, 0.2) is 36.7 Å². The lowest BCUT2D eigenvalue weighted by Crippen LogP contribution is -2.27. The normalized spacial score (nSPS) is 18.1. The summed E-state index contributed by atoms with van der Waals surface area (Å²) in [5.74, 6) is -1.24. The number of carbonyl (C=O) groups is 2. The number of fused-ring (bicyclic) bond motifs is 1. The van der Waals surface area contributed by atoms with Gasteiger partial charge in [-0.3, -0.25) is 4.79 Å². The van der Waals surface area contributed by atoms with Crippen LogP contribution in [-0.4, -0.2) is 26.4 Å². The number of aromatic nitrogens is 2. The third kappa shape index (κ3) is 1.83. The van der Waals surface area contributed by atoms with Crippen molar-refractivity contribution in [3.8, 4) is 0 Å². The molecule has 5 nitrogen and oxygen atoms in total. The fourth-order valence-electron chi connectivity index (χ4n) is 2.58. The molecule has 1 atom stereocenters. The lowest BCUT2D eigenvalue weighted by Gasteiger charge is -2.24. The van der Waals surface area contributed by atoms with Gasteiger partial charge in [-0.15, -0.1) is 0 Å². The number of carboxylic acids is 1. The zero-order valence-electron chi connectivity index (χ0n) is 10.1. The highest BCUT2D eigenvalue weighted by Gasteiger charge is 2.30. The summed E-state index contributed by atoms with van der Waals surface area (Å²) >= 11 is 0. The molecule has 0 bridgehead atoms. The lowest BCUT2D eigenvalue weighted by atomic mass is 9.87. The van der Waals surface area contributed by atoms with Crippen molar-refractivity contribution in [2.45, 2.75) is 18.9 Å². The van der Waals surface area contributed by atoms with Gasteiger partial charge in [-0.2, -0.15) is 0 Å². The van der Waals surface area contributed by atoms with Crippen molar-refractivity contribution in [2.24, 2.45) is 0 Å². The average Bonchev–Trinajstić information content (AvgIpc) is 2.89. The molecule has 0 aliphatic heterocycles. The van der Waals surface area contributed by atoms with Crippen LogP contribution < -0.4 is 0 Å². The van der Waals surface area contributed by atoms with Gasteiger partial charge in [0.15, 0.2) is 5.78 Å². The third-order valence-electron chi connectivity index (χ3n) is 3.47. The minimum Gasteiger partial charge on any atom is -0.475 e. The van der Waals surface area contributed by atoms with Gasteiger partial charge in [-0.05, 0) is 18.4 Å². The van der Waals surface area contributed by atoms with Gasteiger partial charge in [-0.1, -0.05) is 24.3 Å². The maximum Gasteiger partial charge on any atom is 0.372 e. The fourth-order valence-corrected chi connectivity index (χ4v) is 2.58. The molecule has 0 saturated carbocycles. The molecule has 1 N–H and O–H groups in total. The van der Waals surface area contributed by atoms with Crippen LogP contribution in [0.2, 0.25) is 0 Å². The first-order chi connectivity index (χ1) is 9.18. The molecule has 1 aliphatic carbocycles. The molecule has 3 rings (SSSR count). The van der Waals surface area contributed by atoms with Crippen molar-refractivity contribution >= 4 is 11.8 Å². The second kappa shape index (κ2) is 4.35. The second-order valence-corrected chi connectivity index (χ2v) is 4.54. The van der Waals surface area contributed by atoms with Crippen molar-refractivity contribution in [2.75, 3.05) is 0 Å². The highest BCUT2D eigenvalue weighted by atomic mass is 16.4. The molecule has 1 aromatic carbocycles. The molecule has 0 fully saturated rings. The highest BCUT2D eigenvalue weighted by molar-refractivity contribution is 6.01. The van der Waals surface area contributed by atoms with Crippen molar-refractivity contribution in [1.29, 1.82) is 0 Å². The highest BCUT2D eigenvalue weighted by Crippen LogP contribution is 2.29. The van der Waals surface area contributed by atoms with Crippen LogP contribution in [0.3, 0.4) is 0 Å². The standard InChI is InChI=1S/C14H12N2O3/c17-12-10-4-2-1-3-9(10)5-6-11(12)16-8-7-15-13(16)14(18)19/h1-4,7-8,11H,5-6H2,(H,18,19). The topological polar surface area (TPSA) is 72.2 Å². The van der Waals surface area contributed by atoms with E-state index in [1.807, 2.05) is 18.2 Å². The first kappa shape index (κ1) is 11.6. The number of hydrogen-bond acceptors (Lipinski definition) is 3. The smallest absolute Gasteiger partial charge is 0.372 e. The molecule has 96 valence electrons. The summed E-state index contributed by atoms with van der Waals surface area (Å²) in [6, 6.07) is 7.00. The van der Waals surface area contributed by atoms with Gasteiger partial charge in [-0.25, -0.2) is 9.78 Å². The molecule has 1 aliphatic rings. The average molecular weight is 256 g/mol. The predicted molar refractivity (Wildman–Crippen MR) is 67.3 cm³/mol. The van der Waals surface area contributed by atoms with Crippen LogP contribution in [0, 0.1) is 0 Å². The number of rotatable bonds is 2. The first-order valence-corrected chi connectivity index (χ1v) is 6.06. The Labute approximate surface area is 109 Å². The van der Waals surface area contributed by atoms with Crippen molar-refractivity contribution in [1.82, 2.24) is 9.55 Å². The van der Waals surface area contributed by atoms with E-state index < -0.39 is 12.0 Å². The largest absolute Gasteiger partial charge is 0.475 e. The molecule has 0 amide bonds. The van der Waals surface area contributed by atoms with Crippen molar-refractivity contribution in [3.63, 3.8) is 0 Å². The summed E-state index contributed by atoms with van der Waals surface area (Å²) in [6.45, 7) is 0. The first-order valence-electron chi connectivity index (χ1n) is 6.06. The van der Waals surface area contributed by atoms with Gasteiger partial charge in [0, 0.05) is 18.0 Å². The Bertz CT molecular complexity index is 660. The number of ketones is 1. The second-order valence-electron chi connectivity index (χ2n) is 4.54. The van der Waals surface area contributed by atoms with E-state index in [9.17, 15) is 9.59 Å². The number of hydrogen-bond donors (Lipinski definition) is 1. The Kier molecular flexibility index (Phi) is 2.67. The summed E-state index contributed by atoms with van der Waals surface area (Å²) in [5, 5.41) is 9.07. The van der Waals surface area contributed by atoms with Crippen molar-refractivity contribution in [3.05, 3.63) is 53.6 Å². The maximum absolute atomic E-state index is 12.4. The number of imidazole rings is 1. The molecular weight excluding hydrogens is 244 g/mol. The molecule has 19 heavy (non-hydrogen) atoms. The molecule has 2 aromatic rings. The Balaban J connectivity index is 2.03. The van der Waals surface area contributed by atoms with Crippen LogP contribution in [0.1, 0.15) is 39.0 Å². The van der Waals surface area contributed by atoms with E-state index in [2.05, 4.69) is 4.98 Å². The molecule has 0 radical (unpaired) electrons. The molecule has 0 saturated heterocycles. The molecule has 0 spiro atoms. The number of carbonyl (C=O) groups excluding carboxylic acids is 1. The predicted octanol–water partition coefficient (Wildman–Crippen LogP) is 1.95. The van der Waals surface area contributed by atoms with E-state index in [0.717, 1.165) is 12.0 Å². The van der Waals surface area contributed by atoms with Crippen molar-refractivity contribution < 1.29 is 14.7 Å². The van der Waals surface area contributed by atoms with E-state index in [0.29, 0.717) is 12.0 Å². The quantitative estimate of drug-likeness (QED) is 0.891. The number of aryl methyl sites for hydroxylation is 1. The minimum atomic E-state index is -1.11. The van der Waals surface area contributed by atoms with Gasteiger partial charge in [0.25, 0.3) is 0 Å². The van der Waals surface area contributed by atoms with Gasteiger partial charge in [0.2, 0.25) is 5.82 Å². The molecule has 1 aromatic heterocycles. The van der Waals surface area contributed by atoms with Gasteiger partial charge >= 0.3 is 5.97 Å². The Morgan fingerprint density at radius 1 is 1.37 bits per heavy atom. The van der Waals surface area contributed by atoms with Gasteiger partial charge < -0.3 is 9.67 Å². The summed E-state index contributed by atoms with van der Waals surface area (Å²) in [6.07, 6.45) is 4.34. The van der Waals surface area contributed by atoms with Gasteiger partial charge in [0.1, 0.15) is 0 Å². The molecule has 1 heterocycles. The zero-order chi connectivity index (χ0) is 13.4. The Morgan fingerprint density at radius 3 is 2.95 bits per heavy atom. The fraction of sp³-hybridized carbons (Fsp3) is 0.214. The molecule has 5 heteroatoms. The Morgan fingerprint density at radius 2 is 2.16 bits per heavy atom. The maximum atomic E-state index is 12.4. The summed E-state index contributed by atoms with van der Waals surface area (Å²) in [4.78, 5) is 27.3. The number of nitrogens with zero attached hydrogens (tertiary/aromatic N) is 2. The SMILES string of the molecule is O=C(O)c1nccn1C1CCc2ccccc2C1=O. The third-order valence-corrected chi connectivity index (χ3v) is 3.47. The summed E-state index contributed by atoms with van der Waals surface area (Å²) in [7, 11) is 0. The zero-order valence-corrected chi connectivity index (χ0v) is 10.1. The number of carboxylic acid groups (broad SMARTS) is 1. The summed E-state index contributed by atoms with van der Waals surface area (Å²) < 4.78 is 1.46. The van der Waals surface area contributed by atoms with Crippen LogP contribution >= 0.6 is 0 Å². The van der Waals surface area contributed by atoms with E-state index in [1.165, 1.54) is 10.8 Å².